The molecule has 1 unspecified atom stereocenters. The molecule has 0 saturated heterocycles. The minimum absolute atomic E-state index is 0.0306. The SMILES string of the molecule is COc1ccc(C#N)cc1-c1nn(CC(O)C(F)(F)F)cc1NC(=O)c1cnn2cccnc12. The van der Waals surface area contributed by atoms with Crippen molar-refractivity contribution in [2.75, 3.05) is 12.4 Å². The van der Waals surface area contributed by atoms with Crippen molar-refractivity contribution >= 4 is 17.2 Å². The summed E-state index contributed by atoms with van der Waals surface area (Å²) in [5.41, 5.74) is 0.960. The fourth-order valence-corrected chi connectivity index (χ4v) is 3.23. The van der Waals surface area contributed by atoms with Crippen LogP contribution in [0.2, 0.25) is 0 Å². The maximum absolute atomic E-state index is 13.0. The van der Waals surface area contributed by atoms with Gasteiger partial charge in [-0.2, -0.15) is 28.6 Å². The van der Waals surface area contributed by atoms with Gasteiger partial charge in [0.25, 0.3) is 5.91 Å². The maximum Gasteiger partial charge on any atom is 0.416 e. The van der Waals surface area contributed by atoms with E-state index in [2.05, 4.69) is 20.5 Å². The molecule has 0 bridgehead atoms. The van der Waals surface area contributed by atoms with Gasteiger partial charge in [-0.05, 0) is 24.3 Å². The van der Waals surface area contributed by atoms with E-state index >= 15 is 0 Å². The van der Waals surface area contributed by atoms with Gasteiger partial charge in [0.1, 0.15) is 17.0 Å². The van der Waals surface area contributed by atoms with Gasteiger partial charge in [-0.25, -0.2) is 9.50 Å². The normalized spacial score (nSPS) is 12.4. The number of hydrogen-bond acceptors (Lipinski definition) is 7. The molecule has 0 spiro atoms. The van der Waals surface area contributed by atoms with Crippen LogP contribution in [0.5, 0.6) is 5.75 Å². The molecule has 4 aromatic rings. The molecule has 4 rings (SSSR count). The standard InChI is InChI=1S/C21H16F3N7O3/c1-34-16-4-3-12(8-25)7-13(16)18-15(10-30(29-18)11-17(32)21(22,23)24)28-20(33)14-9-27-31-6-2-5-26-19(14)31/h2-7,9-10,17,32H,11H2,1H3,(H,28,33). The first kappa shape index (κ1) is 22.7. The Morgan fingerprint density at radius 3 is 2.88 bits per heavy atom. The van der Waals surface area contributed by atoms with Crippen molar-refractivity contribution in [3.8, 4) is 23.1 Å². The highest BCUT2D eigenvalue weighted by Gasteiger charge is 2.38. The van der Waals surface area contributed by atoms with Crippen molar-refractivity contribution in [3.05, 3.63) is 60.2 Å². The van der Waals surface area contributed by atoms with Crippen LogP contribution in [-0.4, -0.2) is 54.8 Å². The molecular formula is C21H16F3N7O3. The minimum atomic E-state index is -4.86. The third-order valence-electron chi connectivity index (χ3n) is 4.86. The van der Waals surface area contributed by atoms with Gasteiger partial charge in [0.05, 0.1) is 37.2 Å². The number of methoxy groups -OCH3 is 1. The van der Waals surface area contributed by atoms with E-state index in [4.69, 9.17) is 4.74 Å². The zero-order valence-corrected chi connectivity index (χ0v) is 17.5. The molecule has 3 heterocycles. The van der Waals surface area contributed by atoms with Gasteiger partial charge >= 0.3 is 6.18 Å². The highest BCUT2D eigenvalue weighted by molar-refractivity contribution is 6.09. The fraction of sp³-hybridized carbons (Fsp3) is 0.190. The van der Waals surface area contributed by atoms with Crippen molar-refractivity contribution < 1.29 is 27.8 Å². The number of rotatable bonds is 6. The molecule has 0 radical (unpaired) electrons. The van der Waals surface area contributed by atoms with Crippen molar-refractivity contribution in [3.63, 3.8) is 0 Å². The van der Waals surface area contributed by atoms with Crippen LogP contribution in [-0.2, 0) is 6.54 Å². The Morgan fingerprint density at radius 2 is 2.18 bits per heavy atom. The smallest absolute Gasteiger partial charge is 0.416 e. The highest BCUT2D eigenvalue weighted by Crippen LogP contribution is 2.35. The molecule has 0 aliphatic carbocycles. The molecule has 0 aliphatic rings. The number of carbonyl (C=O) groups is 1. The number of aliphatic hydroxyl groups is 1. The van der Waals surface area contributed by atoms with E-state index in [-0.39, 0.29) is 39.5 Å². The second-order valence-electron chi connectivity index (χ2n) is 7.10. The summed E-state index contributed by atoms with van der Waals surface area (Å²) >= 11 is 0. The van der Waals surface area contributed by atoms with E-state index in [0.29, 0.717) is 0 Å². The summed E-state index contributed by atoms with van der Waals surface area (Å²) in [4.78, 5) is 17.1. The molecule has 1 aromatic carbocycles. The van der Waals surface area contributed by atoms with Gasteiger partial charge in [0.2, 0.25) is 0 Å². The Bertz CT molecular complexity index is 1400. The number of aliphatic hydroxyl groups excluding tert-OH is 1. The van der Waals surface area contributed by atoms with E-state index in [1.807, 2.05) is 6.07 Å². The predicted octanol–water partition coefficient (Wildman–Crippen LogP) is 2.65. The van der Waals surface area contributed by atoms with Gasteiger partial charge in [0, 0.05) is 24.2 Å². The second kappa shape index (κ2) is 8.83. The first-order valence-corrected chi connectivity index (χ1v) is 9.71. The van der Waals surface area contributed by atoms with Gasteiger partial charge in [-0.1, -0.05) is 0 Å². The van der Waals surface area contributed by atoms with Crippen molar-refractivity contribution in [1.29, 1.82) is 5.26 Å². The lowest BCUT2D eigenvalue weighted by Crippen LogP contribution is -2.32. The van der Waals surface area contributed by atoms with Crippen LogP contribution in [0, 0.1) is 11.3 Å². The number of alkyl halides is 3. The van der Waals surface area contributed by atoms with E-state index in [9.17, 15) is 28.3 Å². The summed E-state index contributed by atoms with van der Waals surface area (Å²) in [7, 11) is 1.37. The van der Waals surface area contributed by atoms with Crippen LogP contribution < -0.4 is 10.1 Å². The van der Waals surface area contributed by atoms with E-state index < -0.39 is 24.7 Å². The van der Waals surface area contributed by atoms with Crippen molar-refractivity contribution in [2.45, 2.75) is 18.8 Å². The van der Waals surface area contributed by atoms with E-state index in [1.54, 1.807) is 12.3 Å². The summed E-state index contributed by atoms with van der Waals surface area (Å²) in [6, 6.07) is 8.02. The summed E-state index contributed by atoms with van der Waals surface area (Å²) in [6.07, 6.45) is -2.02. The predicted molar refractivity (Wildman–Crippen MR) is 112 cm³/mol. The molecule has 13 heteroatoms. The first-order chi connectivity index (χ1) is 16.2. The number of aromatic nitrogens is 5. The quantitative estimate of drug-likeness (QED) is 0.442. The van der Waals surface area contributed by atoms with E-state index in [1.165, 1.54) is 42.2 Å². The van der Waals surface area contributed by atoms with Gasteiger partial charge in [0.15, 0.2) is 11.8 Å². The number of benzene rings is 1. The molecular weight excluding hydrogens is 455 g/mol. The summed E-state index contributed by atoms with van der Waals surface area (Å²) in [5, 5.41) is 29.5. The lowest BCUT2D eigenvalue weighted by Gasteiger charge is -2.14. The molecule has 1 atom stereocenters. The third-order valence-corrected chi connectivity index (χ3v) is 4.86. The number of fused-ring (bicyclic) bond motifs is 1. The number of nitrogens with one attached hydrogen (secondary N) is 1. The molecule has 0 aliphatic heterocycles. The number of ether oxygens (including phenoxy) is 1. The summed E-state index contributed by atoms with van der Waals surface area (Å²) in [6.45, 7) is -0.912. The summed E-state index contributed by atoms with van der Waals surface area (Å²) in [5.74, 6) is -0.366. The molecule has 34 heavy (non-hydrogen) atoms. The number of halogens is 3. The topological polar surface area (TPSA) is 130 Å². The van der Waals surface area contributed by atoms with Gasteiger partial charge in [-0.15, -0.1) is 0 Å². The van der Waals surface area contributed by atoms with Crippen molar-refractivity contribution in [1.82, 2.24) is 24.4 Å². The number of amides is 1. The Hall–Kier alpha value is -4.44. The molecule has 174 valence electrons. The Labute approximate surface area is 189 Å². The zero-order valence-electron chi connectivity index (χ0n) is 17.5. The van der Waals surface area contributed by atoms with Crippen LogP contribution in [0.15, 0.2) is 49.1 Å². The molecule has 0 saturated carbocycles. The van der Waals surface area contributed by atoms with Crippen LogP contribution in [0.3, 0.4) is 0 Å². The van der Waals surface area contributed by atoms with Crippen LogP contribution in [0.4, 0.5) is 18.9 Å². The molecule has 1 amide bonds. The van der Waals surface area contributed by atoms with Crippen LogP contribution in [0.25, 0.3) is 16.9 Å². The monoisotopic (exact) mass is 471 g/mol. The number of carbonyl (C=O) groups excluding carboxylic acids is 1. The van der Waals surface area contributed by atoms with Crippen LogP contribution >= 0.6 is 0 Å². The number of anilines is 1. The maximum atomic E-state index is 13.0. The lowest BCUT2D eigenvalue weighted by atomic mass is 10.1. The largest absolute Gasteiger partial charge is 0.496 e. The highest BCUT2D eigenvalue weighted by atomic mass is 19.4. The van der Waals surface area contributed by atoms with Crippen LogP contribution in [0.1, 0.15) is 15.9 Å². The van der Waals surface area contributed by atoms with Gasteiger partial charge < -0.3 is 15.2 Å². The van der Waals surface area contributed by atoms with E-state index in [0.717, 1.165) is 10.9 Å². The minimum Gasteiger partial charge on any atom is -0.496 e. The number of nitrogens with zero attached hydrogens (tertiary/aromatic N) is 6. The summed E-state index contributed by atoms with van der Waals surface area (Å²) < 4.78 is 46.2. The Balaban J connectivity index is 1.78. The lowest BCUT2D eigenvalue weighted by molar-refractivity contribution is -0.208. The Morgan fingerprint density at radius 1 is 1.38 bits per heavy atom. The number of hydrogen-bond donors (Lipinski definition) is 2. The fourth-order valence-electron chi connectivity index (χ4n) is 3.23. The van der Waals surface area contributed by atoms with Gasteiger partial charge in [-0.3, -0.25) is 9.48 Å². The molecule has 0 fully saturated rings. The Kier molecular flexibility index (Phi) is 5.91. The average Bonchev–Trinajstić information content (AvgIpc) is 3.42. The second-order valence-corrected chi connectivity index (χ2v) is 7.10. The van der Waals surface area contributed by atoms with Crippen molar-refractivity contribution in [2.24, 2.45) is 0 Å². The molecule has 3 aromatic heterocycles. The average molecular weight is 471 g/mol. The molecule has 10 nitrogen and oxygen atoms in total. The number of nitriles is 1. The first-order valence-electron chi connectivity index (χ1n) is 9.71. The molecule has 2 N–H and O–H groups in total. The zero-order chi connectivity index (χ0) is 24.5. The third kappa shape index (κ3) is 4.39.